The molecule has 130 valence electrons. The summed E-state index contributed by atoms with van der Waals surface area (Å²) in [6.07, 6.45) is 2.10. The average molecular weight is 363 g/mol. The van der Waals surface area contributed by atoms with Gasteiger partial charge in [0.15, 0.2) is 0 Å². The fourth-order valence-corrected chi connectivity index (χ4v) is 3.53. The predicted octanol–water partition coefficient (Wildman–Crippen LogP) is 2.04. The van der Waals surface area contributed by atoms with Crippen molar-refractivity contribution < 1.29 is 17.9 Å². The van der Waals surface area contributed by atoms with Gasteiger partial charge in [-0.05, 0) is 37.1 Å². The molecule has 0 radical (unpaired) electrons. The van der Waals surface area contributed by atoms with Gasteiger partial charge in [-0.3, -0.25) is 9.10 Å². The van der Waals surface area contributed by atoms with Crippen LogP contribution in [0.25, 0.3) is 0 Å². The number of ether oxygens (including phenoxy) is 1. The first-order chi connectivity index (χ1) is 10.8. The van der Waals surface area contributed by atoms with Gasteiger partial charge in [-0.1, -0.05) is 18.5 Å². The molecule has 1 amide bonds. The van der Waals surface area contributed by atoms with E-state index in [4.69, 9.17) is 16.3 Å². The van der Waals surface area contributed by atoms with Crippen LogP contribution in [0.4, 0.5) is 5.69 Å². The molecule has 0 unspecified atom stereocenters. The molecule has 0 aliphatic heterocycles. The fraction of sp³-hybridized carbons (Fsp3) is 0.533. The number of hydrogen-bond acceptors (Lipinski definition) is 4. The van der Waals surface area contributed by atoms with Crippen LogP contribution in [-0.2, 0) is 19.6 Å². The zero-order valence-corrected chi connectivity index (χ0v) is 15.2. The van der Waals surface area contributed by atoms with E-state index in [-0.39, 0.29) is 5.91 Å². The molecule has 1 N–H and O–H groups in total. The summed E-state index contributed by atoms with van der Waals surface area (Å²) in [5.41, 5.74) is 0.413. The molecule has 1 aromatic rings. The van der Waals surface area contributed by atoms with Gasteiger partial charge in [-0.2, -0.15) is 0 Å². The van der Waals surface area contributed by atoms with E-state index in [0.29, 0.717) is 36.7 Å². The number of rotatable bonds is 9. The van der Waals surface area contributed by atoms with Crippen LogP contribution < -0.4 is 9.62 Å². The van der Waals surface area contributed by atoms with E-state index in [1.54, 1.807) is 38.3 Å². The molecule has 0 aromatic heterocycles. The van der Waals surface area contributed by atoms with Crippen LogP contribution in [0.5, 0.6) is 0 Å². The lowest BCUT2D eigenvalue weighted by Gasteiger charge is -2.30. The minimum Gasteiger partial charge on any atom is -0.385 e. The van der Waals surface area contributed by atoms with Crippen LogP contribution in [0.15, 0.2) is 24.3 Å². The molecule has 0 spiro atoms. The second kappa shape index (κ2) is 9.10. The zero-order chi connectivity index (χ0) is 17.5. The lowest BCUT2D eigenvalue weighted by molar-refractivity contribution is -0.122. The van der Waals surface area contributed by atoms with Crippen molar-refractivity contribution in [2.24, 2.45) is 0 Å². The molecular weight excluding hydrogens is 340 g/mol. The number of sulfonamides is 1. The van der Waals surface area contributed by atoms with Gasteiger partial charge in [0.25, 0.3) is 0 Å². The molecule has 1 aromatic carbocycles. The van der Waals surface area contributed by atoms with Crippen molar-refractivity contribution in [3.8, 4) is 0 Å². The Bertz CT molecular complexity index is 604. The summed E-state index contributed by atoms with van der Waals surface area (Å²) < 4.78 is 30.4. The highest BCUT2D eigenvalue weighted by Gasteiger charge is 2.31. The molecule has 23 heavy (non-hydrogen) atoms. The first-order valence-corrected chi connectivity index (χ1v) is 9.55. The molecule has 0 fully saturated rings. The van der Waals surface area contributed by atoms with Crippen LogP contribution in [0.1, 0.15) is 19.8 Å². The Kier molecular flexibility index (Phi) is 7.81. The largest absolute Gasteiger partial charge is 0.385 e. The molecule has 0 saturated carbocycles. The Morgan fingerprint density at radius 2 is 1.96 bits per heavy atom. The third kappa shape index (κ3) is 6.01. The fourth-order valence-electron chi connectivity index (χ4n) is 2.19. The molecule has 0 aliphatic rings. The summed E-state index contributed by atoms with van der Waals surface area (Å²) in [7, 11) is -2.03. The quantitative estimate of drug-likeness (QED) is 0.682. The predicted molar refractivity (Wildman–Crippen MR) is 92.4 cm³/mol. The Balaban J connectivity index is 2.99. The van der Waals surface area contributed by atoms with E-state index in [9.17, 15) is 13.2 Å². The molecule has 1 rings (SSSR count). The van der Waals surface area contributed by atoms with E-state index in [1.807, 2.05) is 0 Å². The van der Waals surface area contributed by atoms with Crippen LogP contribution in [0.3, 0.4) is 0 Å². The second-order valence-corrected chi connectivity index (χ2v) is 7.39. The SMILES string of the molecule is CC[C@H](C(=O)NCCCOC)N(c1ccc(Cl)cc1)S(C)(=O)=O. The number of anilines is 1. The Labute approximate surface area is 142 Å². The smallest absolute Gasteiger partial charge is 0.243 e. The Hall–Kier alpha value is -1.31. The third-order valence-corrected chi connectivity index (χ3v) is 4.67. The van der Waals surface area contributed by atoms with E-state index in [0.717, 1.165) is 10.6 Å². The summed E-state index contributed by atoms with van der Waals surface area (Å²) in [5, 5.41) is 3.25. The second-order valence-electron chi connectivity index (χ2n) is 5.10. The highest BCUT2D eigenvalue weighted by atomic mass is 35.5. The van der Waals surface area contributed by atoms with Crippen molar-refractivity contribution in [1.82, 2.24) is 5.32 Å². The maximum Gasteiger partial charge on any atom is 0.243 e. The topological polar surface area (TPSA) is 75.7 Å². The molecule has 1 atom stereocenters. The van der Waals surface area contributed by atoms with Gasteiger partial charge in [0.1, 0.15) is 6.04 Å². The van der Waals surface area contributed by atoms with Crippen molar-refractivity contribution >= 4 is 33.2 Å². The number of carbonyl (C=O) groups is 1. The number of nitrogens with zero attached hydrogens (tertiary/aromatic N) is 1. The van der Waals surface area contributed by atoms with E-state index < -0.39 is 16.1 Å². The lowest BCUT2D eigenvalue weighted by atomic mass is 10.2. The monoisotopic (exact) mass is 362 g/mol. The first kappa shape index (κ1) is 19.7. The highest BCUT2D eigenvalue weighted by Crippen LogP contribution is 2.24. The van der Waals surface area contributed by atoms with Crippen molar-refractivity contribution in [2.75, 3.05) is 30.8 Å². The first-order valence-electron chi connectivity index (χ1n) is 7.32. The van der Waals surface area contributed by atoms with Gasteiger partial charge >= 0.3 is 0 Å². The zero-order valence-electron chi connectivity index (χ0n) is 13.6. The van der Waals surface area contributed by atoms with E-state index in [1.165, 1.54) is 0 Å². The molecule has 8 heteroatoms. The maximum atomic E-state index is 12.4. The highest BCUT2D eigenvalue weighted by molar-refractivity contribution is 7.92. The van der Waals surface area contributed by atoms with Gasteiger partial charge in [0.05, 0.1) is 11.9 Å². The summed E-state index contributed by atoms with van der Waals surface area (Å²) >= 11 is 5.85. The molecular formula is C15H23ClN2O4S. The van der Waals surface area contributed by atoms with Crippen molar-refractivity contribution in [3.63, 3.8) is 0 Å². The van der Waals surface area contributed by atoms with Crippen molar-refractivity contribution in [2.45, 2.75) is 25.8 Å². The van der Waals surface area contributed by atoms with Crippen LogP contribution in [0.2, 0.25) is 5.02 Å². The number of methoxy groups -OCH3 is 1. The summed E-state index contributed by atoms with van der Waals surface area (Å²) in [6, 6.07) is 5.55. The lowest BCUT2D eigenvalue weighted by Crippen LogP contribution is -2.49. The normalized spacial score (nSPS) is 12.7. The van der Waals surface area contributed by atoms with E-state index >= 15 is 0 Å². The Morgan fingerprint density at radius 3 is 2.43 bits per heavy atom. The number of amides is 1. The van der Waals surface area contributed by atoms with Crippen LogP contribution in [-0.4, -0.2) is 46.9 Å². The van der Waals surface area contributed by atoms with Crippen LogP contribution >= 0.6 is 11.6 Å². The van der Waals surface area contributed by atoms with Crippen molar-refractivity contribution in [3.05, 3.63) is 29.3 Å². The summed E-state index contributed by atoms with van der Waals surface area (Å²) in [5.74, 6) is -0.330. The molecule has 0 heterocycles. The molecule has 0 saturated heterocycles. The van der Waals surface area contributed by atoms with Crippen LogP contribution in [0, 0.1) is 0 Å². The minimum atomic E-state index is -3.62. The average Bonchev–Trinajstić information content (AvgIpc) is 2.49. The van der Waals surface area contributed by atoms with Gasteiger partial charge in [-0.15, -0.1) is 0 Å². The minimum absolute atomic E-state index is 0.330. The van der Waals surface area contributed by atoms with Crippen molar-refractivity contribution in [1.29, 1.82) is 0 Å². The van der Waals surface area contributed by atoms with Gasteiger partial charge < -0.3 is 10.1 Å². The standard InChI is InChI=1S/C15H23ClN2O4S/c1-4-14(15(19)17-10-5-11-22-2)18(23(3,20)21)13-8-6-12(16)7-9-13/h6-9,14H,4-5,10-11H2,1-3H3,(H,17,19)/t14-/m1/s1. The van der Waals surface area contributed by atoms with E-state index in [2.05, 4.69) is 5.32 Å². The van der Waals surface area contributed by atoms with Gasteiger partial charge in [0, 0.05) is 25.3 Å². The maximum absolute atomic E-state index is 12.4. The number of nitrogens with one attached hydrogen (secondary N) is 1. The summed E-state index contributed by atoms with van der Waals surface area (Å²) in [6.45, 7) is 2.74. The number of carbonyl (C=O) groups excluding carboxylic acids is 1. The van der Waals surface area contributed by atoms with Gasteiger partial charge in [0.2, 0.25) is 15.9 Å². The third-order valence-electron chi connectivity index (χ3n) is 3.24. The molecule has 6 nitrogen and oxygen atoms in total. The number of halogens is 1. The molecule has 0 bridgehead atoms. The number of hydrogen-bond donors (Lipinski definition) is 1. The molecule has 0 aliphatic carbocycles. The Morgan fingerprint density at radius 1 is 1.35 bits per heavy atom. The summed E-state index contributed by atoms with van der Waals surface area (Å²) in [4.78, 5) is 12.4. The van der Waals surface area contributed by atoms with Gasteiger partial charge in [-0.25, -0.2) is 8.42 Å². The number of benzene rings is 1.